The first-order valence-electron chi connectivity index (χ1n) is 4.59. The van der Waals surface area contributed by atoms with Crippen molar-refractivity contribution in [1.82, 2.24) is 19.7 Å². The van der Waals surface area contributed by atoms with Crippen LogP contribution < -0.4 is 0 Å². The van der Waals surface area contributed by atoms with Gasteiger partial charge in [-0.3, -0.25) is 14.3 Å². The summed E-state index contributed by atoms with van der Waals surface area (Å²) in [6, 6.07) is -0.479. The molecule has 1 N–H and O–H groups in total. The zero-order valence-corrected chi connectivity index (χ0v) is 9.36. The van der Waals surface area contributed by atoms with Gasteiger partial charge in [0, 0.05) is 0 Å². The smallest absolute Gasteiger partial charge is 0.320 e. The number of aromatic nitrogens is 3. The van der Waals surface area contributed by atoms with Gasteiger partial charge in [-0.05, 0) is 13.8 Å². The Kier molecular flexibility index (Phi) is 2.66. The molecule has 2 heterocycles. The molecule has 1 aliphatic rings. The summed E-state index contributed by atoms with van der Waals surface area (Å²) in [6.45, 7) is 4.11. The summed E-state index contributed by atoms with van der Waals surface area (Å²) in [6.07, 6.45) is 0. The molecular formula is C8H12N4O2S. The second kappa shape index (κ2) is 3.82. The normalized spacial score (nSPS) is 18.5. The van der Waals surface area contributed by atoms with Crippen LogP contribution in [0.5, 0.6) is 0 Å². The lowest BCUT2D eigenvalue weighted by Crippen LogP contribution is -2.42. The number of carbonyl (C=O) groups is 1. The number of fused-ring (bicyclic) bond motifs is 1. The van der Waals surface area contributed by atoms with Gasteiger partial charge < -0.3 is 5.11 Å². The number of carboxylic acid groups (broad SMARTS) is 1. The fourth-order valence-corrected chi connectivity index (χ4v) is 2.42. The highest BCUT2D eigenvalue weighted by Crippen LogP contribution is 2.25. The summed E-state index contributed by atoms with van der Waals surface area (Å²) in [5, 5.41) is 17.7. The Morgan fingerprint density at radius 1 is 1.60 bits per heavy atom. The maximum absolute atomic E-state index is 10.8. The lowest BCUT2D eigenvalue weighted by Gasteiger charge is -2.30. The lowest BCUT2D eigenvalue weighted by atomic mass is 10.3. The van der Waals surface area contributed by atoms with Crippen LogP contribution in [0, 0.1) is 6.92 Å². The van der Waals surface area contributed by atoms with Gasteiger partial charge in [-0.15, -0.1) is 10.2 Å². The Balaban J connectivity index is 2.17. The predicted octanol–water partition coefficient (Wildman–Crippen LogP) is 0.382. The minimum atomic E-state index is -0.801. The number of carboxylic acids is 1. The van der Waals surface area contributed by atoms with Crippen LogP contribution in [-0.4, -0.2) is 42.7 Å². The molecule has 7 heteroatoms. The zero-order valence-electron chi connectivity index (χ0n) is 8.54. The van der Waals surface area contributed by atoms with Crippen LogP contribution in [-0.2, 0) is 11.5 Å². The van der Waals surface area contributed by atoms with Gasteiger partial charge in [-0.1, -0.05) is 11.8 Å². The van der Waals surface area contributed by atoms with E-state index in [1.165, 1.54) is 11.8 Å². The Labute approximate surface area is 91.3 Å². The third-order valence-corrected chi connectivity index (χ3v) is 3.51. The van der Waals surface area contributed by atoms with E-state index in [0.29, 0.717) is 12.5 Å². The first kappa shape index (κ1) is 10.4. The van der Waals surface area contributed by atoms with Crippen molar-refractivity contribution in [2.75, 3.05) is 5.88 Å². The first-order chi connectivity index (χ1) is 7.09. The second-order valence-corrected chi connectivity index (χ2v) is 4.39. The average molecular weight is 228 g/mol. The van der Waals surface area contributed by atoms with Gasteiger partial charge in [0.15, 0.2) is 5.16 Å². The monoisotopic (exact) mass is 228 g/mol. The largest absolute Gasteiger partial charge is 0.480 e. The minimum absolute atomic E-state index is 0.479. The molecule has 1 aromatic rings. The number of hydrogen-bond acceptors (Lipinski definition) is 5. The van der Waals surface area contributed by atoms with Gasteiger partial charge in [0.1, 0.15) is 11.9 Å². The summed E-state index contributed by atoms with van der Waals surface area (Å²) in [5.41, 5.74) is 0. The summed E-state index contributed by atoms with van der Waals surface area (Å²) in [7, 11) is 0. The summed E-state index contributed by atoms with van der Waals surface area (Å²) in [5.74, 6) is 0.663. The van der Waals surface area contributed by atoms with Crippen LogP contribution in [0.3, 0.4) is 0 Å². The van der Waals surface area contributed by atoms with E-state index < -0.39 is 12.0 Å². The van der Waals surface area contributed by atoms with Crippen molar-refractivity contribution in [2.24, 2.45) is 0 Å². The van der Waals surface area contributed by atoms with E-state index >= 15 is 0 Å². The van der Waals surface area contributed by atoms with Crippen LogP contribution in [0.4, 0.5) is 0 Å². The molecule has 6 nitrogen and oxygen atoms in total. The predicted molar refractivity (Wildman–Crippen MR) is 54.4 cm³/mol. The molecular weight excluding hydrogens is 216 g/mol. The maximum Gasteiger partial charge on any atom is 0.320 e. The highest BCUT2D eigenvalue weighted by atomic mass is 32.2. The van der Waals surface area contributed by atoms with Gasteiger partial charge >= 0.3 is 5.97 Å². The van der Waals surface area contributed by atoms with E-state index in [2.05, 4.69) is 10.2 Å². The summed E-state index contributed by atoms with van der Waals surface area (Å²) < 4.78 is 1.92. The fourth-order valence-electron chi connectivity index (χ4n) is 1.38. The SMILES string of the molecule is Cc1nnc2n1CN([C@H](C)C(=O)O)CS2. The molecule has 0 fully saturated rings. The van der Waals surface area contributed by atoms with E-state index in [0.717, 1.165) is 11.0 Å². The molecule has 1 aliphatic heterocycles. The standard InChI is InChI=1S/C8H12N4O2S/c1-5(7(13)14)11-3-12-6(2)9-10-8(12)15-4-11/h5H,3-4H2,1-2H3,(H,13,14)/t5-/m1/s1. The molecule has 15 heavy (non-hydrogen) atoms. The highest BCUT2D eigenvalue weighted by molar-refractivity contribution is 7.99. The average Bonchev–Trinajstić information content (AvgIpc) is 2.59. The zero-order chi connectivity index (χ0) is 11.0. The minimum Gasteiger partial charge on any atom is -0.480 e. The number of hydrogen-bond donors (Lipinski definition) is 1. The van der Waals surface area contributed by atoms with Crippen LogP contribution in [0.15, 0.2) is 5.16 Å². The first-order valence-corrected chi connectivity index (χ1v) is 5.57. The van der Waals surface area contributed by atoms with Crippen molar-refractivity contribution in [3.63, 3.8) is 0 Å². The molecule has 0 spiro atoms. The van der Waals surface area contributed by atoms with E-state index in [1.807, 2.05) is 16.4 Å². The molecule has 0 amide bonds. The van der Waals surface area contributed by atoms with Crippen molar-refractivity contribution in [2.45, 2.75) is 31.7 Å². The van der Waals surface area contributed by atoms with Crippen molar-refractivity contribution >= 4 is 17.7 Å². The molecule has 2 rings (SSSR count). The summed E-state index contributed by atoms with van der Waals surface area (Å²) in [4.78, 5) is 12.7. The van der Waals surface area contributed by atoms with Gasteiger partial charge in [0.25, 0.3) is 0 Å². The number of aliphatic carboxylic acids is 1. The van der Waals surface area contributed by atoms with Crippen LogP contribution in [0.25, 0.3) is 0 Å². The Hall–Kier alpha value is -1.08. The third-order valence-electron chi connectivity index (χ3n) is 2.49. The molecule has 0 bridgehead atoms. The molecule has 0 saturated carbocycles. The molecule has 82 valence electrons. The van der Waals surface area contributed by atoms with Crippen molar-refractivity contribution in [3.05, 3.63) is 5.82 Å². The second-order valence-electron chi connectivity index (χ2n) is 3.48. The lowest BCUT2D eigenvalue weighted by molar-refractivity contribution is -0.143. The molecule has 1 atom stereocenters. The van der Waals surface area contributed by atoms with Crippen LogP contribution in [0.2, 0.25) is 0 Å². The van der Waals surface area contributed by atoms with Crippen LogP contribution in [0.1, 0.15) is 12.7 Å². The van der Waals surface area contributed by atoms with Crippen molar-refractivity contribution in [3.8, 4) is 0 Å². The third kappa shape index (κ3) is 1.84. The number of nitrogens with zero attached hydrogens (tertiary/aromatic N) is 4. The fraction of sp³-hybridized carbons (Fsp3) is 0.625. The van der Waals surface area contributed by atoms with Gasteiger partial charge in [0.05, 0.1) is 12.5 Å². The quantitative estimate of drug-likeness (QED) is 0.789. The molecule has 0 aromatic carbocycles. The van der Waals surface area contributed by atoms with E-state index in [-0.39, 0.29) is 0 Å². The molecule has 0 radical (unpaired) electrons. The number of thioether (sulfide) groups is 1. The number of aryl methyl sites for hydroxylation is 1. The molecule has 1 aromatic heterocycles. The highest BCUT2D eigenvalue weighted by Gasteiger charge is 2.26. The van der Waals surface area contributed by atoms with Gasteiger partial charge in [0.2, 0.25) is 0 Å². The van der Waals surface area contributed by atoms with E-state index in [9.17, 15) is 4.79 Å². The Morgan fingerprint density at radius 3 is 3.00 bits per heavy atom. The molecule has 0 unspecified atom stereocenters. The van der Waals surface area contributed by atoms with Crippen LogP contribution >= 0.6 is 11.8 Å². The topological polar surface area (TPSA) is 71.2 Å². The summed E-state index contributed by atoms with van der Waals surface area (Å²) >= 11 is 1.52. The Bertz CT molecular complexity index is 392. The molecule has 0 saturated heterocycles. The Morgan fingerprint density at radius 2 is 2.33 bits per heavy atom. The van der Waals surface area contributed by atoms with E-state index in [1.54, 1.807) is 6.92 Å². The molecule has 0 aliphatic carbocycles. The van der Waals surface area contributed by atoms with Crippen molar-refractivity contribution in [1.29, 1.82) is 0 Å². The van der Waals surface area contributed by atoms with Crippen molar-refractivity contribution < 1.29 is 9.90 Å². The maximum atomic E-state index is 10.8. The van der Waals surface area contributed by atoms with E-state index in [4.69, 9.17) is 5.11 Å². The van der Waals surface area contributed by atoms with Gasteiger partial charge in [-0.2, -0.15) is 0 Å². The number of rotatable bonds is 2. The van der Waals surface area contributed by atoms with Gasteiger partial charge in [-0.25, -0.2) is 0 Å².